The molecule has 0 saturated carbocycles. The fourth-order valence-electron chi connectivity index (χ4n) is 2.12. The molecule has 0 fully saturated rings. The van der Waals surface area contributed by atoms with Crippen LogP contribution in [-0.2, 0) is 20.1 Å². The van der Waals surface area contributed by atoms with Crippen molar-refractivity contribution in [2.24, 2.45) is 12.0 Å². The quantitative estimate of drug-likeness (QED) is 0.301. The van der Waals surface area contributed by atoms with Crippen LogP contribution in [0.1, 0.15) is 23.9 Å². The second kappa shape index (κ2) is 10.5. The van der Waals surface area contributed by atoms with E-state index >= 15 is 0 Å². The normalized spacial score (nSPS) is 11.1. The molecule has 2 rings (SSSR count). The molecule has 24 heavy (non-hydrogen) atoms. The van der Waals surface area contributed by atoms with Crippen LogP contribution < -0.4 is 10.6 Å². The molecular weight excluding hydrogens is 435 g/mol. The number of benzene rings is 1. The molecule has 0 aliphatic carbocycles. The molecule has 1 heterocycles. The van der Waals surface area contributed by atoms with Gasteiger partial charge >= 0.3 is 0 Å². The molecule has 132 valence electrons. The van der Waals surface area contributed by atoms with E-state index in [0.29, 0.717) is 13.1 Å². The number of hydrogen-bond acceptors (Lipinski definition) is 4. The number of nitrogens with zero attached hydrogens (tertiary/aromatic N) is 4. The van der Waals surface area contributed by atoms with Crippen LogP contribution in [0.25, 0.3) is 0 Å². The van der Waals surface area contributed by atoms with E-state index in [-0.39, 0.29) is 24.0 Å². The number of halogens is 1. The van der Waals surface area contributed by atoms with E-state index < -0.39 is 0 Å². The summed E-state index contributed by atoms with van der Waals surface area (Å²) < 4.78 is 1.89. The lowest BCUT2D eigenvalue weighted by Crippen LogP contribution is -2.37. The minimum atomic E-state index is 0. The van der Waals surface area contributed by atoms with Crippen molar-refractivity contribution in [2.45, 2.75) is 31.8 Å². The third-order valence-electron chi connectivity index (χ3n) is 3.41. The Labute approximate surface area is 164 Å². The fourth-order valence-corrected chi connectivity index (χ4v) is 2.82. The summed E-state index contributed by atoms with van der Waals surface area (Å²) in [7, 11) is 1.93. The van der Waals surface area contributed by atoms with Gasteiger partial charge in [-0.1, -0.05) is 12.1 Å². The number of nitrogens with one attached hydrogen (secondary N) is 2. The predicted octanol–water partition coefficient (Wildman–Crippen LogP) is 2.72. The van der Waals surface area contributed by atoms with Crippen molar-refractivity contribution in [1.29, 1.82) is 0 Å². The van der Waals surface area contributed by atoms with Gasteiger partial charge in [0.05, 0.1) is 13.1 Å². The molecule has 8 heteroatoms. The molecule has 0 spiro atoms. The number of aromatic nitrogens is 3. The first-order valence-corrected chi connectivity index (χ1v) is 8.85. The highest BCUT2D eigenvalue weighted by Crippen LogP contribution is 2.22. The number of hydrogen-bond donors (Lipinski definition) is 2. The number of aryl methyl sites for hydroxylation is 2. The van der Waals surface area contributed by atoms with Gasteiger partial charge in [-0.25, -0.2) is 4.99 Å². The summed E-state index contributed by atoms with van der Waals surface area (Å²) in [6.07, 6.45) is 3.79. The zero-order chi connectivity index (χ0) is 16.7. The number of guanidine groups is 1. The third kappa shape index (κ3) is 5.97. The Kier molecular flexibility index (Phi) is 9.12. The Morgan fingerprint density at radius 2 is 2.12 bits per heavy atom. The third-order valence-corrected chi connectivity index (χ3v) is 4.23. The van der Waals surface area contributed by atoms with E-state index in [9.17, 15) is 0 Å². The number of aliphatic imine (C=N–C) groups is 1. The molecule has 0 unspecified atom stereocenters. The van der Waals surface area contributed by atoms with Crippen molar-refractivity contribution < 1.29 is 0 Å². The van der Waals surface area contributed by atoms with E-state index in [0.717, 1.165) is 18.3 Å². The molecule has 2 aromatic rings. The molecule has 0 atom stereocenters. The number of thioether (sulfide) groups is 1. The second-order valence-corrected chi connectivity index (χ2v) is 6.07. The van der Waals surface area contributed by atoms with E-state index in [1.807, 2.05) is 11.6 Å². The van der Waals surface area contributed by atoms with Crippen LogP contribution in [-0.4, -0.2) is 33.5 Å². The van der Waals surface area contributed by atoms with Crippen molar-refractivity contribution >= 4 is 41.7 Å². The summed E-state index contributed by atoms with van der Waals surface area (Å²) in [6, 6.07) is 6.48. The first kappa shape index (κ1) is 20.8. The van der Waals surface area contributed by atoms with Gasteiger partial charge in [-0.2, -0.15) is 0 Å². The van der Waals surface area contributed by atoms with E-state index in [2.05, 4.69) is 64.1 Å². The van der Waals surface area contributed by atoms with Crippen molar-refractivity contribution in [2.75, 3.05) is 12.8 Å². The SMILES string of the molecule is CCNC(=NCc1ccc(C)cc1SC)NCc1nncn1C.I. The molecule has 6 nitrogen and oxygen atoms in total. The van der Waals surface area contributed by atoms with Gasteiger partial charge in [0.1, 0.15) is 6.33 Å². The van der Waals surface area contributed by atoms with Crippen LogP contribution in [0.4, 0.5) is 0 Å². The predicted molar refractivity (Wildman–Crippen MR) is 111 cm³/mol. The maximum Gasteiger partial charge on any atom is 0.191 e. The second-order valence-electron chi connectivity index (χ2n) is 5.22. The highest BCUT2D eigenvalue weighted by molar-refractivity contribution is 14.0. The smallest absolute Gasteiger partial charge is 0.191 e. The van der Waals surface area contributed by atoms with Crippen LogP contribution in [0.15, 0.2) is 34.4 Å². The molecule has 1 aromatic carbocycles. The lowest BCUT2D eigenvalue weighted by atomic mass is 10.1. The maximum absolute atomic E-state index is 4.67. The molecule has 0 saturated heterocycles. The zero-order valence-corrected chi connectivity index (χ0v) is 17.7. The van der Waals surface area contributed by atoms with Gasteiger partial charge in [-0.3, -0.25) is 0 Å². The van der Waals surface area contributed by atoms with Crippen LogP contribution in [0, 0.1) is 6.92 Å². The average molecular weight is 460 g/mol. The van der Waals surface area contributed by atoms with Crippen molar-refractivity contribution in [3.8, 4) is 0 Å². The fraction of sp³-hybridized carbons (Fsp3) is 0.438. The summed E-state index contributed by atoms with van der Waals surface area (Å²) in [4.78, 5) is 5.95. The van der Waals surface area contributed by atoms with Crippen molar-refractivity contribution in [3.63, 3.8) is 0 Å². The van der Waals surface area contributed by atoms with Crippen LogP contribution >= 0.6 is 35.7 Å². The minimum absolute atomic E-state index is 0. The van der Waals surface area contributed by atoms with Crippen LogP contribution in [0.5, 0.6) is 0 Å². The summed E-state index contributed by atoms with van der Waals surface area (Å²) in [5.41, 5.74) is 2.51. The largest absolute Gasteiger partial charge is 0.357 e. The highest BCUT2D eigenvalue weighted by atomic mass is 127. The molecule has 1 aromatic heterocycles. The molecule has 0 radical (unpaired) electrons. The van der Waals surface area contributed by atoms with Gasteiger partial charge in [-0.15, -0.1) is 45.9 Å². The monoisotopic (exact) mass is 460 g/mol. The molecule has 0 aliphatic rings. The summed E-state index contributed by atoms with van der Waals surface area (Å²) >= 11 is 1.76. The highest BCUT2D eigenvalue weighted by Gasteiger charge is 2.05. The van der Waals surface area contributed by atoms with Crippen molar-refractivity contribution in [3.05, 3.63) is 41.5 Å². The van der Waals surface area contributed by atoms with E-state index in [4.69, 9.17) is 0 Å². The van der Waals surface area contributed by atoms with E-state index in [1.54, 1.807) is 18.1 Å². The van der Waals surface area contributed by atoms with Crippen LogP contribution in [0.3, 0.4) is 0 Å². The topological polar surface area (TPSA) is 67.1 Å². The van der Waals surface area contributed by atoms with Gasteiger partial charge in [-0.05, 0) is 37.3 Å². The van der Waals surface area contributed by atoms with E-state index in [1.165, 1.54) is 16.0 Å². The maximum atomic E-state index is 4.67. The van der Waals surface area contributed by atoms with Crippen molar-refractivity contribution in [1.82, 2.24) is 25.4 Å². The Morgan fingerprint density at radius 3 is 2.75 bits per heavy atom. The van der Waals surface area contributed by atoms with Crippen LogP contribution in [0.2, 0.25) is 0 Å². The lowest BCUT2D eigenvalue weighted by Gasteiger charge is -2.12. The summed E-state index contributed by atoms with van der Waals surface area (Å²) in [6.45, 7) is 6.21. The summed E-state index contributed by atoms with van der Waals surface area (Å²) in [5, 5.41) is 14.5. The van der Waals surface area contributed by atoms with Gasteiger partial charge in [0.15, 0.2) is 11.8 Å². The van der Waals surface area contributed by atoms with Gasteiger partial charge in [0.25, 0.3) is 0 Å². The lowest BCUT2D eigenvalue weighted by molar-refractivity contribution is 0.726. The molecule has 0 bridgehead atoms. The molecule has 0 amide bonds. The average Bonchev–Trinajstić information content (AvgIpc) is 2.96. The zero-order valence-electron chi connectivity index (χ0n) is 14.5. The van der Waals surface area contributed by atoms with Gasteiger partial charge < -0.3 is 15.2 Å². The number of rotatable bonds is 6. The van der Waals surface area contributed by atoms with Gasteiger partial charge in [0.2, 0.25) is 0 Å². The standard InChI is InChI=1S/C16H24N6S.HI/c1-5-17-16(19-10-15-21-20-11-22(15)3)18-9-13-7-6-12(2)8-14(13)23-4;/h6-8,11H,5,9-10H2,1-4H3,(H2,17,18,19);1H. The molecular formula is C16H25IN6S. The Bertz CT molecular complexity index is 670. The molecule has 0 aliphatic heterocycles. The van der Waals surface area contributed by atoms with Gasteiger partial charge in [0, 0.05) is 18.5 Å². The summed E-state index contributed by atoms with van der Waals surface area (Å²) in [5.74, 6) is 1.65. The first-order chi connectivity index (χ1) is 11.1. The molecule has 2 N–H and O–H groups in total. The minimum Gasteiger partial charge on any atom is -0.357 e. The first-order valence-electron chi connectivity index (χ1n) is 7.62. The Morgan fingerprint density at radius 1 is 1.33 bits per heavy atom. The Hall–Kier alpha value is -1.29. The Balaban J connectivity index is 0.00000288.